The first-order chi connectivity index (χ1) is 8.41. The first kappa shape index (κ1) is 15.4. The molecule has 4 heteroatoms. The molecule has 0 aliphatic carbocycles. The van der Waals surface area contributed by atoms with Gasteiger partial charge in [-0.05, 0) is 53.0 Å². The lowest BCUT2D eigenvalue weighted by molar-refractivity contribution is -0.125. The second-order valence-electron chi connectivity index (χ2n) is 5.88. The summed E-state index contributed by atoms with van der Waals surface area (Å²) in [7, 11) is 0. The normalized spacial score (nSPS) is 28.1. The van der Waals surface area contributed by atoms with E-state index in [4.69, 9.17) is 5.73 Å². The number of nitrogens with two attached hydrogens (primary N) is 1. The van der Waals surface area contributed by atoms with Crippen molar-refractivity contribution in [2.75, 3.05) is 13.1 Å². The van der Waals surface area contributed by atoms with Crippen LogP contribution in [0.15, 0.2) is 0 Å². The molecule has 0 aromatic carbocycles. The van der Waals surface area contributed by atoms with Crippen LogP contribution in [0.5, 0.6) is 0 Å². The lowest BCUT2D eigenvalue weighted by atomic mass is 9.88. The molecule has 1 aliphatic heterocycles. The summed E-state index contributed by atoms with van der Waals surface area (Å²) in [5, 5.41) is 3.48. The smallest absolute Gasteiger partial charge is 0.237 e. The van der Waals surface area contributed by atoms with Gasteiger partial charge in [0, 0.05) is 18.6 Å². The maximum atomic E-state index is 11.9. The summed E-state index contributed by atoms with van der Waals surface area (Å²) in [5.74, 6) is -0.187. The van der Waals surface area contributed by atoms with E-state index in [0.717, 1.165) is 38.8 Å². The highest BCUT2D eigenvalue weighted by Gasteiger charge is 2.38. The third-order valence-corrected chi connectivity index (χ3v) is 4.21. The predicted molar refractivity (Wildman–Crippen MR) is 75.4 cm³/mol. The molecule has 18 heavy (non-hydrogen) atoms. The summed E-state index contributed by atoms with van der Waals surface area (Å²) in [5.41, 5.74) is 5.18. The molecule has 0 saturated carbocycles. The first-order valence-corrected chi connectivity index (χ1v) is 7.23. The van der Waals surface area contributed by atoms with E-state index < -0.39 is 5.54 Å². The van der Waals surface area contributed by atoms with Crippen LogP contribution < -0.4 is 11.1 Å². The Morgan fingerprint density at radius 1 is 1.33 bits per heavy atom. The van der Waals surface area contributed by atoms with Gasteiger partial charge in [0.05, 0.1) is 5.54 Å². The zero-order valence-electron chi connectivity index (χ0n) is 12.3. The molecule has 3 N–H and O–H groups in total. The molecular weight excluding hydrogens is 226 g/mol. The summed E-state index contributed by atoms with van der Waals surface area (Å²) in [6.45, 7) is 10.7. The first-order valence-electron chi connectivity index (χ1n) is 7.23. The van der Waals surface area contributed by atoms with Crippen LogP contribution >= 0.6 is 0 Å². The van der Waals surface area contributed by atoms with Gasteiger partial charge in [-0.1, -0.05) is 6.92 Å². The topological polar surface area (TPSA) is 58.4 Å². The van der Waals surface area contributed by atoms with Crippen LogP contribution in [0.2, 0.25) is 0 Å². The number of nitrogens with one attached hydrogen (secondary N) is 1. The van der Waals surface area contributed by atoms with E-state index >= 15 is 0 Å². The van der Waals surface area contributed by atoms with E-state index in [1.165, 1.54) is 0 Å². The van der Waals surface area contributed by atoms with Gasteiger partial charge in [-0.3, -0.25) is 4.79 Å². The van der Waals surface area contributed by atoms with Gasteiger partial charge in [0.25, 0.3) is 0 Å². The van der Waals surface area contributed by atoms with Crippen LogP contribution in [-0.2, 0) is 4.79 Å². The minimum absolute atomic E-state index is 0.187. The Morgan fingerprint density at radius 3 is 2.50 bits per heavy atom. The molecule has 4 nitrogen and oxygen atoms in total. The van der Waals surface area contributed by atoms with Crippen molar-refractivity contribution in [2.45, 2.75) is 71.0 Å². The second-order valence-corrected chi connectivity index (χ2v) is 5.88. The molecule has 1 rings (SSSR count). The maximum absolute atomic E-state index is 11.9. The molecule has 0 radical (unpaired) electrons. The second kappa shape index (κ2) is 6.53. The number of carbonyl (C=O) groups is 1. The monoisotopic (exact) mass is 255 g/mol. The van der Waals surface area contributed by atoms with Crippen LogP contribution in [-0.4, -0.2) is 41.5 Å². The number of amides is 1. The van der Waals surface area contributed by atoms with Crippen molar-refractivity contribution < 1.29 is 4.79 Å². The summed E-state index contributed by atoms with van der Waals surface area (Å²) < 4.78 is 0. The van der Waals surface area contributed by atoms with Crippen LogP contribution in [0.1, 0.15) is 53.4 Å². The lowest BCUT2D eigenvalue weighted by Gasteiger charge is -2.34. The summed E-state index contributed by atoms with van der Waals surface area (Å²) in [4.78, 5) is 14.3. The Morgan fingerprint density at radius 2 is 2.00 bits per heavy atom. The number of hydrogen-bond donors (Lipinski definition) is 2. The van der Waals surface area contributed by atoms with Crippen LogP contribution in [0.4, 0.5) is 0 Å². The Balaban J connectivity index is 2.76. The van der Waals surface area contributed by atoms with Crippen molar-refractivity contribution in [1.82, 2.24) is 10.2 Å². The highest BCUT2D eigenvalue weighted by molar-refractivity contribution is 5.84. The van der Waals surface area contributed by atoms with Crippen molar-refractivity contribution in [3.8, 4) is 0 Å². The number of carbonyl (C=O) groups excluding carboxylic acids is 1. The fraction of sp³-hybridized carbons (Fsp3) is 0.929. The number of primary amides is 1. The summed E-state index contributed by atoms with van der Waals surface area (Å²) in [6.07, 6.45) is 3.73. The molecule has 0 aromatic heterocycles. The quantitative estimate of drug-likeness (QED) is 0.782. The molecule has 0 bridgehead atoms. The van der Waals surface area contributed by atoms with Gasteiger partial charge in [0.1, 0.15) is 0 Å². The largest absolute Gasteiger partial charge is 0.368 e. The Labute approximate surface area is 111 Å². The molecule has 1 heterocycles. The minimum Gasteiger partial charge on any atom is -0.368 e. The fourth-order valence-corrected chi connectivity index (χ4v) is 2.71. The highest BCUT2D eigenvalue weighted by Crippen LogP contribution is 2.24. The van der Waals surface area contributed by atoms with Crippen molar-refractivity contribution in [1.29, 1.82) is 0 Å². The van der Waals surface area contributed by atoms with E-state index in [0.29, 0.717) is 12.1 Å². The van der Waals surface area contributed by atoms with Gasteiger partial charge in [0.2, 0.25) is 5.91 Å². The average molecular weight is 255 g/mol. The van der Waals surface area contributed by atoms with Crippen molar-refractivity contribution in [2.24, 2.45) is 5.73 Å². The molecule has 1 amide bonds. The number of hydrogen-bond acceptors (Lipinski definition) is 3. The van der Waals surface area contributed by atoms with Crippen LogP contribution in [0.25, 0.3) is 0 Å². The molecule has 1 fully saturated rings. The Bertz CT molecular complexity index is 280. The highest BCUT2D eigenvalue weighted by atomic mass is 16.1. The zero-order valence-corrected chi connectivity index (χ0v) is 12.3. The van der Waals surface area contributed by atoms with Crippen LogP contribution in [0.3, 0.4) is 0 Å². The summed E-state index contributed by atoms with van der Waals surface area (Å²) in [6, 6.07) is 0.875. The number of likely N-dealkylation sites (tertiary alicyclic amines) is 1. The SMILES string of the molecule is CCC(C)NC1(C(N)=O)CCCN(C(C)C)CC1. The molecule has 0 spiro atoms. The standard InChI is InChI=1S/C14H29N3O/c1-5-12(4)16-14(13(15)18)7-6-9-17(10-8-14)11(2)3/h11-12,16H,5-10H2,1-4H3,(H2,15,18). The van der Waals surface area contributed by atoms with E-state index in [-0.39, 0.29) is 5.91 Å². The van der Waals surface area contributed by atoms with Gasteiger partial charge in [-0.25, -0.2) is 0 Å². The van der Waals surface area contributed by atoms with Gasteiger partial charge in [0.15, 0.2) is 0 Å². The third-order valence-electron chi connectivity index (χ3n) is 4.21. The molecule has 1 aliphatic rings. The lowest BCUT2D eigenvalue weighted by Crippen LogP contribution is -2.58. The van der Waals surface area contributed by atoms with E-state index in [1.807, 2.05) is 0 Å². The molecule has 2 unspecified atom stereocenters. The van der Waals surface area contributed by atoms with E-state index in [2.05, 4.69) is 37.9 Å². The number of nitrogens with zero attached hydrogens (tertiary/aromatic N) is 1. The van der Waals surface area contributed by atoms with E-state index in [1.54, 1.807) is 0 Å². The Hall–Kier alpha value is -0.610. The summed E-state index contributed by atoms with van der Waals surface area (Å²) >= 11 is 0. The zero-order chi connectivity index (χ0) is 13.8. The Kier molecular flexibility index (Phi) is 5.60. The van der Waals surface area contributed by atoms with Crippen molar-refractivity contribution >= 4 is 5.91 Å². The van der Waals surface area contributed by atoms with Crippen LogP contribution in [0, 0.1) is 0 Å². The van der Waals surface area contributed by atoms with Crippen molar-refractivity contribution in [3.63, 3.8) is 0 Å². The number of rotatable bonds is 5. The molecular formula is C14H29N3O. The minimum atomic E-state index is -0.501. The maximum Gasteiger partial charge on any atom is 0.237 e. The van der Waals surface area contributed by atoms with Gasteiger partial charge >= 0.3 is 0 Å². The molecule has 0 aromatic rings. The average Bonchev–Trinajstić information content (AvgIpc) is 2.52. The van der Waals surface area contributed by atoms with E-state index in [9.17, 15) is 4.79 Å². The predicted octanol–water partition coefficient (Wildman–Crippen LogP) is 1.49. The molecule has 1 saturated heterocycles. The van der Waals surface area contributed by atoms with Gasteiger partial charge in [-0.2, -0.15) is 0 Å². The molecule has 106 valence electrons. The van der Waals surface area contributed by atoms with Crippen molar-refractivity contribution in [3.05, 3.63) is 0 Å². The van der Waals surface area contributed by atoms with Gasteiger partial charge < -0.3 is 16.0 Å². The van der Waals surface area contributed by atoms with Gasteiger partial charge in [-0.15, -0.1) is 0 Å². The fourth-order valence-electron chi connectivity index (χ4n) is 2.71. The molecule has 2 atom stereocenters. The third kappa shape index (κ3) is 3.69.